The largest absolute Gasteiger partial charge is 0.408 e. The van der Waals surface area contributed by atoms with E-state index in [1.807, 2.05) is 0 Å². The smallest absolute Gasteiger partial charge is 0.369 e. The Bertz CT molecular complexity index is 991. The van der Waals surface area contributed by atoms with E-state index in [4.69, 9.17) is 0 Å². The SMILES string of the molecule is Fc1ccc(CCNc2nc(C3CCCCC3)nc3c2cnn3CC(F)(F)F)cc1. The monoisotopic (exact) mass is 421 g/mol. The van der Waals surface area contributed by atoms with Gasteiger partial charge in [0.25, 0.3) is 0 Å². The first kappa shape index (κ1) is 20.6. The zero-order valence-corrected chi connectivity index (χ0v) is 16.4. The van der Waals surface area contributed by atoms with Crippen LogP contribution in [0.3, 0.4) is 0 Å². The fourth-order valence-corrected chi connectivity index (χ4v) is 3.91. The van der Waals surface area contributed by atoms with Crippen LogP contribution in [0.15, 0.2) is 30.5 Å². The Labute approximate surface area is 171 Å². The maximum Gasteiger partial charge on any atom is 0.408 e. The van der Waals surface area contributed by atoms with Gasteiger partial charge in [-0.25, -0.2) is 19.0 Å². The van der Waals surface area contributed by atoms with Crippen molar-refractivity contribution >= 4 is 16.9 Å². The molecule has 0 bridgehead atoms. The number of alkyl halides is 3. The van der Waals surface area contributed by atoms with Gasteiger partial charge in [-0.1, -0.05) is 31.4 Å². The molecule has 1 saturated carbocycles. The Kier molecular flexibility index (Phi) is 5.87. The molecule has 0 spiro atoms. The Morgan fingerprint density at radius 2 is 1.77 bits per heavy atom. The first-order chi connectivity index (χ1) is 14.4. The van der Waals surface area contributed by atoms with Crippen molar-refractivity contribution in [2.24, 2.45) is 0 Å². The van der Waals surface area contributed by atoms with E-state index in [1.165, 1.54) is 18.3 Å². The van der Waals surface area contributed by atoms with Crippen molar-refractivity contribution in [2.75, 3.05) is 11.9 Å². The lowest BCUT2D eigenvalue weighted by molar-refractivity contribution is -0.141. The van der Waals surface area contributed by atoms with Crippen LogP contribution >= 0.6 is 0 Å². The number of fused-ring (bicyclic) bond motifs is 1. The highest BCUT2D eigenvalue weighted by atomic mass is 19.4. The zero-order valence-electron chi connectivity index (χ0n) is 16.4. The molecule has 3 aromatic rings. The van der Waals surface area contributed by atoms with Gasteiger partial charge in [0.2, 0.25) is 0 Å². The van der Waals surface area contributed by atoms with E-state index in [1.54, 1.807) is 12.1 Å². The van der Waals surface area contributed by atoms with Gasteiger partial charge in [0.15, 0.2) is 5.65 Å². The third kappa shape index (κ3) is 4.88. The van der Waals surface area contributed by atoms with E-state index >= 15 is 0 Å². The molecule has 2 aromatic heterocycles. The molecule has 1 aromatic carbocycles. The molecule has 0 radical (unpaired) electrons. The summed E-state index contributed by atoms with van der Waals surface area (Å²) >= 11 is 0. The van der Waals surface area contributed by atoms with Crippen molar-refractivity contribution in [2.45, 2.75) is 57.2 Å². The summed E-state index contributed by atoms with van der Waals surface area (Å²) in [6.45, 7) is -0.682. The van der Waals surface area contributed by atoms with E-state index in [9.17, 15) is 17.6 Å². The number of benzene rings is 1. The normalized spacial score (nSPS) is 15.6. The highest BCUT2D eigenvalue weighted by molar-refractivity contribution is 5.86. The number of halogens is 4. The van der Waals surface area contributed by atoms with Crippen molar-refractivity contribution in [3.05, 3.63) is 47.7 Å². The van der Waals surface area contributed by atoms with Crippen LogP contribution in [-0.4, -0.2) is 32.5 Å². The van der Waals surface area contributed by atoms with E-state index in [2.05, 4.69) is 20.4 Å². The van der Waals surface area contributed by atoms with Gasteiger partial charge in [0.05, 0.1) is 11.6 Å². The average Bonchev–Trinajstić information content (AvgIpc) is 3.11. The summed E-state index contributed by atoms with van der Waals surface area (Å²) in [7, 11) is 0. The summed E-state index contributed by atoms with van der Waals surface area (Å²) in [6, 6.07) is 6.23. The Morgan fingerprint density at radius 3 is 2.47 bits per heavy atom. The third-order valence-corrected chi connectivity index (χ3v) is 5.43. The van der Waals surface area contributed by atoms with Crippen molar-refractivity contribution in [1.29, 1.82) is 0 Å². The highest BCUT2D eigenvalue weighted by Crippen LogP contribution is 2.33. The summed E-state index contributed by atoms with van der Waals surface area (Å²) in [6.07, 6.45) is 2.80. The van der Waals surface area contributed by atoms with Crippen LogP contribution in [-0.2, 0) is 13.0 Å². The Hall–Kier alpha value is -2.71. The molecule has 4 rings (SSSR count). The van der Waals surface area contributed by atoms with Gasteiger partial charge in [-0.15, -0.1) is 0 Å². The molecule has 9 heteroatoms. The minimum atomic E-state index is -4.38. The van der Waals surface area contributed by atoms with Crippen LogP contribution in [0.4, 0.5) is 23.4 Å². The van der Waals surface area contributed by atoms with Gasteiger partial charge in [0, 0.05) is 12.5 Å². The van der Waals surface area contributed by atoms with Gasteiger partial charge in [-0.05, 0) is 37.0 Å². The molecule has 5 nitrogen and oxygen atoms in total. The fraction of sp³-hybridized carbons (Fsp3) is 0.476. The maximum absolute atomic E-state index is 13.1. The molecule has 30 heavy (non-hydrogen) atoms. The molecule has 1 aliphatic carbocycles. The van der Waals surface area contributed by atoms with Crippen molar-refractivity contribution in [1.82, 2.24) is 19.7 Å². The zero-order chi connectivity index (χ0) is 21.1. The number of nitrogens with zero attached hydrogens (tertiary/aromatic N) is 4. The maximum atomic E-state index is 13.1. The first-order valence-electron chi connectivity index (χ1n) is 10.2. The van der Waals surface area contributed by atoms with Crippen molar-refractivity contribution < 1.29 is 17.6 Å². The van der Waals surface area contributed by atoms with Crippen molar-refractivity contribution in [3.8, 4) is 0 Å². The van der Waals surface area contributed by atoms with Gasteiger partial charge >= 0.3 is 6.18 Å². The molecule has 0 unspecified atom stereocenters. The van der Waals surface area contributed by atoms with Crippen LogP contribution in [0.25, 0.3) is 11.0 Å². The molecule has 1 N–H and O–H groups in total. The predicted molar refractivity (Wildman–Crippen MR) is 106 cm³/mol. The number of rotatable bonds is 6. The van der Waals surface area contributed by atoms with E-state index in [0.29, 0.717) is 30.0 Å². The molecule has 0 atom stereocenters. The van der Waals surface area contributed by atoms with Crippen LogP contribution in [0, 0.1) is 5.82 Å². The number of nitrogens with one attached hydrogen (secondary N) is 1. The molecule has 0 amide bonds. The quantitative estimate of drug-likeness (QED) is 0.554. The number of aromatic nitrogens is 4. The second-order valence-electron chi connectivity index (χ2n) is 7.72. The standard InChI is InChI=1S/C21H23F4N5/c22-16-8-6-14(7-9-16)10-11-26-19-17-12-27-30(13-21(23,24)25)20(17)29-18(28-19)15-4-2-1-3-5-15/h6-9,12,15H,1-5,10-11,13H2,(H,26,28,29). The second kappa shape index (κ2) is 8.57. The summed E-state index contributed by atoms with van der Waals surface area (Å²) in [5, 5.41) is 7.61. The lowest BCUT2D eigenvalue weighted by Gasteiger charge is -2.21. The minimum absolute atomic E-state index is 0.148. The average molecular weight is 421 g/mol. The topological polar surface area (TPSA) is 55.6 Å². The molecular formula is C21H23F4N5. The third-order valence-electron chi connectivity index (χ3n) is 5.43. The molecule has 1 fully saturated rings. The van der Waals surface area contributed by atoms with E-state index < -0.39 is 12.7 Å². The number of anilines is 1. The lowest BCUT2D eigenvalue weighted by Crippen LogP contribution is -2.19. The second-order valence-corrected chi connectivity index (χ2v) is 7.72. The molecular weight excluding hydrogens is 398 g/mol. The first-order valence-corrected chi connectivity index (χ1v) is 10.2. The highest BCUT2D eigenvalue weighted by Gasteiger charge is 2.30. The van der Waals surface area contributed by atoms with E-state index in [-0.39, 0.29) is 17.4 Å². The molecule has 1 aliphatic rings. The van der Waals surface area contributed by atoms with Crippen molar-refractivity contribution in [3.63, 3.8) is 0 Å². The molecule has 2 heterocycles. The minimum Gasteiger partial charge on any atom is -0.369 e. The molecule has 0 aliphatic heterocycles. The van der Waals surface area contributed by atoms with Gasteiger partial charge in [-0.3, -0.25) is 0 Å². The molecule has 0 saturated heterocycles. The van der Waals surface area contributed by atoms with Gasteiger partial charge in [0.1, 0.15) is 24.0 Å². The van der Waals surface area contributed by atoms with Crippen LogP contribution in [0.2, 0.25) is 0 Å². The van der Waals surface area contributed by atoms with Crippen LogP contribution < -0.4 is 5.32 Å². The van der Waals surface area contributed by atoms with Gasteiger partial charge < -0.3 is 5.32 Å². The number of hydrogen-bond acceptors (Lipinski definition) is 4. The lowest BCUT2D eigenvalue weighted by atomic mass is 9.88. The number of hydrogen-bond donors (Lipinski definition) is 1. The Balaban J connectivity index is 1.61. The summed E-state index contributed by atoms with van der Waals surface area (Å²) in [4.78, 5) is 9.15. The fourth-order valence-electron chi connectivity index (χ4n) is 3.91. The molecule has 160 valence electrons. The summed E-state index contributed by atoms with van der Waals surface area (Å²) in [5.74, 6) is 0.931. The van der Waals surface area contributed by atoms with E-state index in [0.717, 1.165) is 42.3 Å². The Morgan fingerprint density at radius 1 is 1.03 bits per heavy atom. The predicted octanol–water partition coefficient (Wildman–Crippen LogP) is 5.23. The summed E-state index contributed by atoms with van der Waals surface area (Å²) < 4.78 is 52.9. The summed E-state index contributed by atoms with van der Waals surface area (Å²) in [5.41, 5.74) is 1.15. The van der Waals surface area contributed by atoms with Gasteiger partial charge in [-0.2, -0.15) is 18.3 Å². The van der Waals surface area contributed by atoms with Crippen LogP contribution in [0.1, 0.15) is 49.4 Å². The van der Waals surface area contributed by atoms with Crippen LogP contribution in [0.5, 0.6) is 0 Å².